The summed E-state index contributed by atoms with van der Waals surface area (Å²) in [5.41, 5.74) is 0.653. The Balaban J connectivity index is 0.00000196. The molecule has 4 nitrogen and oxygen atoms in total. The van der Waals surface area contributed by atoms with Gasteiger partial charge in [0, 0.05) is 0 Å². The van der Waals surface area contributed by atoms with Gasteiger partial charge in [-0.2, -0.15) is 8.42 Å². The van der Waals surface area contributed by atoms with Gasteiger partial charge in [-0.05, 0) is 18.1 Å². The van der Waals surface area contributed by atoms with Gasteiger partial charge in [0.25, 0.3) is 0 Å². The molecule has 80 valence electrons. The Morgan fingerprint density at radius 1 is 1.40 bits per heavy atom. The van der Waals surface area contributed by atoms with Crippen LogP contribution in [0.3, 0.4) is 0 Å². The average molecular weight is 256 g/mol. The van der Waals surface area contributed by atoms with Crippen LogP contribution in [0.2, 0.25) is 0 Å². The Kier molecular flexibility index (Phi) is 6.47. The van der Waals surface area contributed by atoms with Gasteiger partial charge in [0.2, 0.25) is 0 Å². The number of para-hydroxylation sites is 1. The van der Waals surface area contributed by atoms with E-state index in [9.17, 15) is 8.42 Å². The van der Waals surface area contributed by atoms with E-state index in [-0.39, 0.29) is 43.5 Å². The van der Waals surface area contributed by atoms with Crippen molar-refractivity contribution in [2.75, 3.05) is 0 Å². The number of hydrogen-bond donors (Lipinski definition) is 1. The number of benzene rings is 1. The van der Waals surface area contributed by atoms with Gasteiger partial charge in [0.05, 0.1) is 0 Å². The second kappa shape index (κ2) is 6.50. The molecule has 0 aliphatic rings. The van der Waals surface area contributed by atoms with Crippen molar-refractivity contribution >= 4 is 48.1 Å². The molecule has 0 bridgehead atoms. The first-order valence-corrected chi connectivity index (χ1v) is 5.25. The van der Waals surface area contributed by atoms with E-state index >= 15 is 0 Å². The monoisotopic (exact) mass is 256 g/mol. The average Bonchev–Trinajstić information content (AvgIpc) is 2.06. The molecule has 0 spiro atoms. The molecule has 0 saturated heterocycles. The van der Waals surface area contributed by atoms with E-state index in [1.54, 1.807) is 24.3 Å². The molecule has 0 aliphatic heterocycles. The van der Waals surface area contributed by atoms with E-state index in [4.69, 9.17) is 4.55 Å². The molecule has 1 rings (SSSR count). The first kappa shape index (κ1) is 14.9. The topological polar surface area (TPSA) is 63.6 Å². The summed E-state index contributed by atoms with van der Waals surface area (Å²) in [6, 6.07) is 6.53. The van der Waals surface area contributed by atoms with Crippen LogP contribution in [0, 0.1) is 0 Å². The van der Waals surface area contributed by atoms with Gasteiger partial charge in [-0.1, -0.05) is 24.3 Å². The minimum absolute atomic E-state index is 0. The SMILES string of the molecule is C=CCc1ccccc1OS(=O)(=O)O.[CaH2]. The van der Waals surface area contributed by atoms with Crippen molar-refractivity contribution in [3.63, 3.8) is 0 Å². The summed E-state index contributed by atoms with van der Waals surface area (Å²) in [5.74, 6) is 0.120. The van der Waals surface area contributed by atoms with E-state index < -0.39 is 10.4 Å². The van der Waals surface area contributed by atoms with E-state index in [2.05, 4.69) is 10.8 Å². The minimum atomic E-state index is -4.45. The first-order valence-electron chi connectivity index (χ1n) is 3.88. The van der Waals surface area contributed by atoms with Crippen molar-refractivity contribution < 1.29 is 17.2 Å². The summed E-state index contributed by atoms with van der Waals surface area (Å²) in [7, 11) is -4.45. The zero-order valence-electron chi connectivity index (χ0n) is 7.38. The number of hydrogen-bond acceptors (Lipinski definition) is 3. The van der Waals surface area contributed by atoms with Gasteiger partial charge in [-0.3, -0.25) is 4.55 Å². The fraction of sp³-hybridized carbons (Fsp3) is 0.111. The fourth-order valence-electron chi connectivity index (χ4n) is 1.02. The Labute approximate surface area is 119 Å². The van der Waals surface area contributed by atoms with Gasteiger partial charge in [0.15, 0.2) is 0 Å². The molecule has 1 aromatic rings. The molecular weight excluding hydrogens is 244 g/mol. The van der Waals surface area contributed by atoms with Crippen LogP contribution in [-0.2, 0) is 16.8 Å². The normalized spacial score (nSPS) is 10.2. The quantitative estimate of drug-likeness (QED) is 0.489. The first-order chi connectivity index (χ1) is 6.53. The summed E-state index contributed by atoms with van der Waals surface area (Å²) in [6.07, 6.45) is 2.10. The molecule has 15 heavy (non-hydrogen) atoms. The maximum absolute atomic E-state index is 10.5. The van der Waals surface area contributed by atoms with E-state index in [0.717, 1.165) is 0 Å². The molecule has 0 heterocycles. The van der Waals surface area contributed by atoms with Crippen molar-refractivity contribution in [3.8, 4) is 5.75 Å². The Morgan fingerprint density at radius 2 is 2.00 bits per heavy atom. The molecule has 1 N–H and O–H groups in total. The molecule has 6 heteroatoms. The predicted octanol–water partition coefficient (Wildman–Crippen LogP) is 0.680. The second-order valence-electron chi connectivity index (χ2n) is 2.61. The van der Waals surface area contributed by atoms with Gasteiger partial charge in [-0.15, -0.1) is 6.58 Å². The number of rotatable bonds is 4. The molecule has 0 fully saturated rings. The van der Waals surface area contributed by atoms with Crippen LogP contribution in [0.15, 0.2) is 36.9 Å². The summed E-state index contributed by atoms with van der Waals surface area (Å²) in [4.78, 5) is 0. The van der Waals surface area contributed by atoms with Crippen molar-refractivity contribution in [2.45, 2.75) is 6.42 Å². The molecule has 0 unspecified atom stereocenters. The van der Waals surface area contributed by atoms with Crippen LogP contribution in [0.4, 0.5) is 0 Å². The third-order valence-electron chi connectivity index (χ3n) is 1.53. The Hall–Kier alpha value is -0.0703. The zero-order valence-corrected chi connectivity index (χ0v) is 8.20. The molecule has 0 aromatic heterocycles. The standard InChI is InChI=1S/C9H10O4S.Ca.2H/c1-2-5-8-6-3-4-7-9(8)13-14(10,11)12;;;/h2-4,6-7H,1,5H2,(H,10,11,12);;;. The second-order valence-corrected chi connectivity index (χ2v) is 3.63. The molecule has 0 atom stereocenters. The van der Waals surface area contributed by atoms with Crippen LogP contribution < -0.4 is 4.18 Å². The summed E-state index contributed by atoms with van der Waals surface area (Å²) in [6.45, 7) is 3.53. The summed E-state index contributed by atoms with van der Waals surface area (Å²) < 4.78 is 33.8. The molecule has 0 amide bonds. The van der Waals surface area contributed by atoms with Gasteiger partial charge < -0.3 is 4.18 Å². The number of allylic oxidation sites excluding steroid dienone is 1. The van der Waals surface area contributed by atoms with Crippen molar-refractivity contribution in [1.29, 1.82) is 0 Å². The van der Waals surface area contributed by atoms with E-state index in [0.29, 0.717) is 12.0 Å². The van der Waals surface area contributed by atoms with Crippen molar-refractivity contribution in [1.82, 2.24) is 0 Å². The Morgan fingerprint density at radius 3 is 2.53 bits per heavy atom. The summed E-state index contributed by atoms with van der Waals surface area (Å²) >= 11 is 0. The van der Waals surface area contributed by atoms with Crippen LogP contribution in [0.25, 0.3) is 0 Å². The maximum atomic E-state index is 10.5. The third-order valence-corrected chi connectivity index (χ3v) is 1.92. The predicted molar refractivity (Wildman–Crippen MR) is 61.1 cm³/mol. The van der Waals surface area contributed by atoms with Crippen LogP contribution in [0.1, 0.15) is 5.56 Å². The Bertz CT molecular complexity index is 427. The third kappa shape index (κ3) is 5.53. The molecule has 0 saturated carbocycles. The van der Waals surface area contributed by atoms with Gasteiger partial charge in [-0.25, -0.2) is 0 Å². The van der Waals surface area contributed by atoms with Crippen LogP contribution in [-0.4, -0.2) is 50.7 Å². The summed E-state index contributed by atoms with van der Waals surface area (Å²) in [5, 5.41) is 0. The van der Waals surface area contributed by atoms with Crippen molar-refractivity contribution in [2.24, 2.45) is 0 Å². The van der Waals surface area contributed by atoms with Crippen LogP contribution in [0.5, 0.6) is 5.75 Å². The van der Waals surface area contributed by atoms with Crippen molar-refractivity contribution in [3.05, 3.63) is 42.5 Å². The fourth-order valence-corrected chi connectivity index (χ4v) is 1.41. The molecule has 1 aromatic carbocycles. The van der Waals surface area contributed by atoms with E-state index in [1.165, 1.54) is 6.07 Å². The molecule has 0 radical (unpaired) electrons. The van der Waals surface area contributed by atoms with Gasteiger partial charge >= 0.3 is 48.1 Å². The molecular formula is C9H12CaO4S. The zero-order chi connectivity index (χ0) is 10.6. The van der Waals surface area contributed by atoms with Gasteiger partial charge in [0.1, 0.15) is 5.75 Å². The van der Waals surface area contributed by atoms with E-state index in [1.807, 2.05) is 0 Å². The van der Waals surface area contributed by atoms with Crippen LogP contribution >= 0.6 is 0 Å². The molecule has 0 aliphatic carbocycles.